The minimum Gasteiger partial charge on any atom is -0.323 e. The Bertz CT molecular complexity index is 918. The summed E-state index contributed by atoms with van der Waals surface area (Å²) in [7, 11) is 1.96. The van der Waals surface area contributed by atoms with Crippen LogP contribution < -0.4 is 5.32 Å². The van der Waals surface area contributed by atoms with E-state index in [9.17, 15) is 4.79 Å². The van der Waals surface area contributed by atoms with E-state index in [4.69, 9.17) is 0 Å². The number of thioether (sulfide) groups is 1. The molecule has 2 aromatic carbocycles. The maximum Gasteiger partial charge on any atom is 0.234 e. The number of carbonyl (C=O) groups is 1. The number of nitrogens with one attached hydrogen (secondary N) is 1. The first kappa shape index (κ1) is 19.2. The highest BCUT2D eigenvalue weighted by molar-refractivity contribution is 9.11. The van der Waals surface area contributed by atoms with Gasteiger partial charge in [0, 0.05) is 16.0 Å². The molecule has 0 unspecified atom stereocenters. The molecule has 4 nitrogen and oxygen atoms in total. The smallest absolute Gasteiger partial charge is 0.234 e. The number of carbonyl (C=O) groups excluding carboxylic acids is 1. The molecule has 0 saturated carbocycles. The monoisotopic (exact) mass is 493 g/mol. The Hall–Kier alpha value is -1.57. The molecule has 134 valence electrons. The van der Waals surface area contributed by atoms with E-state index in [1.807, 2.05) is 67.2 Å². The molecule has 1 aromatic heterocycles. The van der Waals surface area contributed by atoms with Gasteiger partial charge in [0.15, 0.2) is 5.16 Å². The van der Waals surface area contributed by atoms with Crippen LogP contribution in [0.1, 0.15) is 5.56 Å². The molecule has 0 radical (unpaired) electrons. The van der Waals surface area contributed by atoms with E-state index in [0.717, 1.165) is 36.6 Å². The number of rotatable bonds is 5. The van der Waals surface area contributed by atoms with E-state index >= 15 is 0 Å². The molecule has 0 aliphatic rings. The van der Waals surface area contributed by atoms with Crippen molar-refractivity contribution >= 4 is 55.2 Å². The van der Waals surface area contributed by atoms with Gasteiger partial charge >= 0.3 is 0 Å². The molecule has 0 fully saturated rings. The van der Waals surface area contributed by atoms with Gasteiger partial charge < -0.3 is 9.88 Å². The first-order chi connectivity index (χ1) is 12.5. The Labute approximate surface area is 173 Å². The van der Waals surface area contributed by atoms with E-state index in [1.54, 1.807) is 0 Å². The molecule has 3 rings (SSSR count). The highest BCUT2D eigenvalue weighted by Crippen LogP contribution is 2.32. The molecule has 0 aliphatic heterocycles. The molecule has 0 aliphatic carbocycles. The highest BCUT2D eigenvalue weighted by atomic mass is 79.9. The van der Waals surface area contributed by atoms with Gasteiger partial charge in [-0.2, -0.15) is 0 Å². The summed E-state index contributed by atoms with van der Waals surface area (Å²) in [6.45, 7) is 2.00. The van der Waals surface area contributed by atoms with Crippen molar-refractivity contribution in [2.75, 3.05) is 11.1 Å². The van der Waals surface area contributed by atoms with Crippen LogP contribution in [-0.2, 0) is 11.8 Å². The van der Waals surface area contributed by atoms with Crippen molar-refractivity contribution in [3.63, 3.8) is 0 Å². The molecule has 1 N–H and O–H groups in total. The second kappa shape index (κ2) is 8.41. The number of amides is 1. The summed E-state index contributed by atoms with van der Waals surface area (Å²) in [4.78, 5) is 16.8. The number of hydrogen-bond donors (Lipinski definition) is 1. The van der Waals surface area contributed by atoms with Gasteiger partial charge in [0.25, 0.3) is 0 Å². The standard InChI is InChI=1S/C19H17Br2N3OS/c1-12-8-14(20)18(15(21)9-12)23-17(25)11-26-19-22-10-16(24(19)2)13-6-4-3-5-7-13/h3-10H,11H2,1-2H3,(H,23,25). The molecule has 1 heterocycles. The first-order valence-electron chi connectivity index (χ1n) is 7.91. The van der Waals surface area contributed by atoms with Gasteiger partial charge in [-0.05, 0) is 62.0 Å². The molecule has 0 saturated heterocycles. The van der Waals surface area contributed by atoms with Crippen molar-refractivity contribution in [1.82, 2.24) is 9.55 Å². The quantitative estimate of drug-likeness (QED) is 0.466. The summed E-state index contributed by atoms with van der Waals surface area (Å²) in [6.07, 6.45) is 1.84. The van der Waals surface area contributed by atoms with E-state index in [2.05, 4.69) is 42.2 Å². The Morgan fingerprint density at radius 1 is 1.19 bits per heavy atom. The van der Waals surface area contributed by atoms with Gasteiger partial charge in [-0.1, -0.05) is 42.1 Å². The summed E-state index contributed by atoms with van der Waals surface area (Å²) < 4.78 is 3.71. The Kier molecular flexibility index (Phi) is 6.21. The molecule has 26 heavy (non-hydrogen) atoms. The lowest BCUT2D eigenvalue weighted by molar-refractivity contribution is -0.113. The SMILES string of the molecule is Cc1cc(Br)c(NC(=O)CSc2ncc(-c3ccccc3)n2C)c(Br)c1. The van der Waals surface area contributed by atoms with Gasteiger partial charge in [-0.15, -0.1) is 0 Å². The number of imidazole rings is 1. The maximum atomic E-state index is 12.4. The maximum absolute atomic E-state index is 12.4. The van der Waals surface area contributed by atoms with Crippen molar-refractivity contribution in [1.29, 1.82) is 0 Å². The van der Waals surface area contributed by atoms with Crippen LogP contribution in [0.3, 0.4) is 0 Å². The Balaban J connectivity index is 1.67. The predicted octanol–water partition coefficient (Wildman–Crippen LogP) is 5.65. The predicted molar refractivity (Wildman–Crippen MR) is 115 cm³/mol. The number of benzene rings is 2. The zero-order chi connectivity index (χ0) is 18.7. The zero-order valence-corrected chi connectivity index (χ0v) is 18.3. The molecule has 7 heteroatoms. The number of nitrogens with zero attached hydrogens (tertiary/aromatic N) is 2. The van der Waals surface area contributed by atoms with Gasteiger partial charge in [0.05, 0.1) is 23.3 Å². The second-order valence-electron chi connectivity index (χ2n) is 5.79. The van der Waals surface area contributed by atoms with E-state index < -0.39 is 0 Å². The summed E-state index contributed by atoms with van der Waals surface area (Å²) in [6, 6.07) is 14.0. The second-order valence-corrected chi connectivity index (χ2v) is 8.44. The number of anilines is 1. The molecular formula is C19H17Br2N3OS. The molecule has 3 aromatic rings. The third-order valence-corrected chi connectivity index (χ3v) is 6.09. The average molecular weight is 495 g/mol. The van der Waals surface area contributed by atoms with Gasteiger partial charge in [0.1, 0.15) is 0 Å². The topological polar surface area (TPSA) is 46.9 Å². The summed E-state index contributed by atoms with van der Waals surface area (Å²) in [5.74, 6) is 0.204. The number of aromatic nitrogens is 2. The van der Waals surface area contributed by atoms with E-state index in [-0.39, 0.29) is 11.7 Å². The number of aryl methyl sites for hydroxylation is 1. The third-order valence-electron chi connectivity index (χ3n) is 3.80. The normalized spacial score (nSPS) is 10.8. The minimum atomic E-state index is -0.0792. The van der Waals surface area contributed by atoms with Crippen molar-refractivity contribution in [2.45, 2.75) is 12.1 Å². The average Bonchev–Trinajstić information content (AvgIpc) is 2.98. The van der Waals surface area contributed by atoms with Crippen molar-refractivity contribution < 1.29 is 4.79 Å². The first-order valence-corrected chi connectivity index (χ1v) is 10.5. The number of hydrogen-bond acceptors (Lipinski definition) is 3. The Morgan fingerprint density at radius 3 is 2.50 bits per heavy atom. The molecule has 0 spiro atoms. The van der Waals surface area contributed by atoms with E-state index in [1.165, 1.54) is 11.8 Å². The zero-order valence-electron chi connectivity index (χ0n) is 14.3. The van der Waals surface area contributed by atoms with Crippen LogP contribution in [0.4, 0.5) is 5.69 Å². The van der Waals surface area contributed by atoms with Crippen molar-refractivity contribution in [3.8, 4) is 11.3 Å². The molecule has 0 bridgehead atoms. The minimum absolute atomic E-state index is 0.0792. The van der Waals surface area contributed by atoms with Crippen molar-refractivity contribution in [3.05, 3.63) is 63.2 Å². The van der Waals surface area contributed by atoms with Gasteiger partial charge in [0.2, 0.25) is 5.91 Å². The van der Waals surface area contributed by atoms with Gasteiger partial charge in [-0.25, -0.2) is 4.98 Å². The van der Waals surface area contributed by atoms with Crippen LogP contribution in [0.2, 0.25) is 0 Å². The third kappa shape index (κ3) is 4.39. The summed E-state index contributed by atoms with van der Waals surface area (Å²) in [5.41, 5.74) is 3.98. The lowest BCUT2D eigenvalue weighted by Crippen LogP contribution is -2.15. The molecule has 1 amide bonds. The summed E-state index contributed by atoms with van der Waals surface area (Å²) >= 11 is 8.40. The lowest BCUT2D eigenvalue weighted by Gasteiger charge is -2.11. The lowest BCUT2D eigenvalue weighted by atomic mass is 10.2. The van der Waals surface area contributed by atoms with Crippen LogP contribution in [0, 0.1) is 6.92 Å². The Morgan fingerprint density at radius 2 is 1.85 bits per heavy atom. The van der Waals surface area contributed by atoms with Crippen LogP contribution >= 0.6 is 43.6 Å². The van der Waals surface area contributed by atoms with Crippen LogP contribution in [0.25, 0.3) is 11.3 Å². The fourth-order valence-corrected chi connectivity index (χ4v) is 4.89. The summed E-state index contributed by atoms with van der Waals surface area (Å²) in [5, 5.41) is 3.75. The highest BCUT2D eigenvalue weighted by Gasteiger charge is 2.13. The van der Waals surface area contributed by atoms with Crippen LogP contribution in [-0.4, -0.2) is 21.2 Å². The van der Waals surface area contributed by atoms with Crippen LogP contribution in [0.15, 0.2) is 62.8 Å². The van der Waals surface area contributed by atoms with Gasteiger partial charge in [-0.3, -0.25) is 4.79 Å². The number of halogens is 2. The fraction of sp³-hybridized carbons (Fsp3) is 0.158. The van der Waals surface area contributed by atoms with E-state index in [0.29, 0.717) is 0 Å². The molecule has 0 atom stereocenters. The van der Waals surface area contributed by atoms with Crippen molar-refractivity contribution in [2.24, 2.45) is 7.05 Å². The fourth-order valence-electron chi connectivity index (χ4n) is 2.53. The van der Waals surface area contributed by atoms with Crippen LogP contribution in [0.5, 0.6) is 0 Å². The largest absolute Gasteiger partial charge is 0.323 e. The molecular weight excluding hydrogens is 478 g/mol.